The van der Waals surface area contributed by atoms with Gasteiger partial charge in [0.1, 0.15) is 0 Å². The second-order valence-corrected chi connectivity index (χ2v) is 7.09. The first-order valence-corrected chi connectivity index (χ1v) is 9.71. The summed E-state index contributed by atoms with van der Waals surface area (Å²) in [6, 6.07) is 30.1. The molecule has 0 fully saturated rings. The fourth-order valence-corrected chi connectivity index (χ4v) is 4.04. The number of H-pyrrole nitrogens is 2. The molecule has 0 aliphatic rings. The van der Waals surface area contributed by atoms with Crippen LogP contribution >= 0.6 is 0 Å². The predicted molar refractivity (Wildman–Crippen MR) is 116 cm³/mol. The van der Waals surface area contributed by atoms with Gasteiger partial charge in [0.25, 0.3) is 0 Å². The number of benzene rings is 3. The molecule has 3 aromatic carbocycles. The zero-order valence-corrected chi connectivity index (χ0v) is 16.2. The molecule has 0 atom stereocenters. The number of aromatic nitrogens is 3. The molecule has 2 N–H and O–H groups in total. The van der Waals surface area contributed by atoms with Crippen LogP contribution in [0.4, 0.5) is 0 Å². The molecule has 0 saturated carbocycles. The SMILES string of the molecule is O=c1[nH]c(=O)n(CCC(c2ccccc2)(c2ccccc2)c2ccccc2)c(=O)[nH]1. The fraction of sp³-hybridized carbons (Fsp3) is 0.125. The lowest BCUT2D eigenvalue weighted by atomic mass is 9.67. The van der Waals surface area contributed by atoms with Crippen molar-refractivity contribution in [1.82, 2.24) is 14.5 Å². The molecule has 6 heteroatoms. The van der Waals surface area contributed by atoms with E-state index in [1.807, 2.05) is 54.6 Å². The molecule has 0 unspecified atom stereocenters. The molecular formula is C24H21N3O3. The van der Waals surface area contributed by atoms with Crippen LogP contribution in [0.5, 0.6) is 0 Å². The molecule has 0 aliphatic heterocycles. The third-order valence-corrected chi connectivity index (χ3v) is 5.44. The van der Waals surface area contributed by atoms with Gasteiger partial charge in [0.15, 0.2) is 0 Å². The van der Waals surface area contributed by atoms with Gasteiger partial charge < -0.3 is 0 Å². The maximum atomic E-state index is 12.3. The van der Waals surface area contributed by atoms with E-state index in [1.165, 1.54) is 0 Å². The van der Waals surface area contributed by atoms with E-state index in [0.29, 0.717) is 6.42 Å². The standard InChI is InChI=1S/C24H21N3O3/c28-21-25-22(29)27(23(30)26-21)17-16-24(18-10-4-1-5-11-18,19-12-6-2-7-13-19)20-14-8-3-9-15-20/h1-15H,16-17H2,(H2,25,26,28,29,30). The average Bonchev–Trinajstić information content (AvgIpc) is 2.78. The van der Waals surface area contributed by atoms with E-state index in [9.17, 15) is 14.4 Å². The molecule has 1 heterocycles. The first kappa shape index (κ1) is 19.4. The molecule has 150 valence electrons. The summed E-state index contributed by atoms with van der Waals surface area (Å²) in [5, 5.41) is 0. The maximum Gasteiger partial charge on any atom is 0.333 e. The second-order valence-electron chi connectivity index (χ2n) is 7.09. The summed E-state index contributed by atoms with van der Waals surface area (Å²) < 4.78 is 1.03. The Morgan fingerprint density at radius 3 is 1.33 bits per heavy atom. The highest BCUT2D eigenvalue weighted by Crippen LogP contribution is 2.42. The smallest absolute Gasteiger partial charge is 0.259 e. The van der Waals surface area contributed by atoms with Crippen LogP contribution in [0.2, 0.25) is 0 Å². The van der Waals surface area contributed by atoms with Crippen molar-refractivity contribution < 1.29 is 0 Å². The van der Waals surface area contributed by atoms with Crippen molar-refractivity contribution in [1.29, 1.82) is 0 Å². The van der Waals surface area contributed by atoms with E-state index in [1.54, 1.807) is 0 Å². The minimum Gasteiger partial charge on any atom is -0.259 e. The van der Waals surface area contributed by atoms with Crippen molar-refractivity contribution in [3.05, 3.63) is 139 Å². The highest BCUT2D eigenvalue weighted by atomic mass is 16.2. The third kappa shape index (κ3) is 3.55. The molecule has 4 aromatic rings. The van der Waals surface area contributed by atoms with E-state index in [2.05, 4.69) is 46.4 Å². The van der Waals surface area contributed by atoms with Gasteiger partial charge in [-0.15, -0.1) is 0 Å². The van der Waals surface area contributed by atoms with Gasteiger partial charge in [-0.1, -0.05) is 91.0 Å². The van der Waals surface area contributed by atoms with Crippen LogP contribution in [0, 0.1) is 0 Å². The first-order valence-electron chi connectivity index (χ1n) is 9.71. The number of hydrogen-bond acceptors (Lipinski definition) is 3. The molecule has 0 spiro atoms. The third-order valence-electron chi connectivity index (χ3n) is 5.44. The quantitative estimate of drug-likeness (QED) is 0.489. The summed E-state index contributed by atoms with van der Waals surface area (Å²) in [6.45, 7) is 0.129. The van der Waals surface area contributed by atoms with Gasteiger partial charge in [-0.2, -0.15) is 0 Å². The van der Waals surface area contributed by atoms with Crippen LogP contribution in [0.1, 0.15) is 23.1 Å². The molecule has 0 radical (unpaired) electrons. The number of rotatable bonds is 6. The first-order chi connectivity index (χ1) is 14.6. The van der Waals surface area contributed by atoms with E-state index < -0.39 is 22.5 Å². The van der Waals surface area contributed by atoms with Crippen molar-refractivity contribution >= 4 is 0 Å². The topological polar surface area (TPSA) is 87.7 Å². The molecule has 0 aliphatic carbocycles. The van der Waals surface area contributed by atoms with Gasteiger partial charge in [0.05, 0.1) is 0 Å². The normalized spacial score (nSPS) is 11.3. The zero-order valence-electron chi connectivity index (χ0n) is 16.2. The van der Waals surface area contributed by atoms with Crippen LogP contribution in [0.25, 0.3) is 0 Å². The maximum absolute atomic E-state index is 12.3. The van der Waals surface area contributed by atoms with E-state index in [4.69, 9.17) is 0 Å². The van der Waals surface area contributed by atoms with E-state index >= 15 is 0 Å². The predicted octanol–water partition coefficient (Wildman–Crippen LogP) is 2.65. The lowest BCUT2D eigenvalue weighted by Crippen LogP contribution is -2.44. The molecule has 1 aromatic heterocycles. The van der Waals surface area contributed by atoms with Crippen molar-refractivity contribution in [3.8, 4) is 0 Å². The van der Waals surface area contributed by atoms with Crippen LogP contribution in [-0.2, 0) is 12.0 Å². The summed E-state index contributed by atoms with van der Waals surface area (Å²) in [7, 11) is 0. The Labute approximate surface area is 172 Å². The largest absolute Gasteiger partial charge is 0.333 e. The van der Waals surface area contributed by atoms with Crippen LogP contribution in [0.3, 0.4) is 0 Å². The Kier molecular flexibility index (Phi) is 5.30. The summed E-state index contributed by atoms with van der Waals surface area (Å²) in [5.41, 5.74) is 0.329. The van der Waals surface area contributed by atoms with Gasteiger partial charge in [-0.3, -0.25) is 9.97 Å². The van der Waals surface area contributed by atoms with Crippen molar-refractivity contribution in [2.75, 3.05) is 0 Å². The molecular weight excluding hydrogens is 378 g/mol. The Morgan fingerprint density at radius 2 is 0.967 bits per heavy atom. The molecule has 4 rings (SSSR count). The number of hydrogen-bond donors (Lipinski definition) is 2. The van der Waals surface area contributed by atoms with Crippen molar-refractivity contribution in [2.24, 2.45) is 0 Å². The molecule has 30 heavy (non-hydrogen) atoms. The van der Waals surface area contributed by atoms with Gasteiger partial charge in [0, 0.05) is 12.0 Å². The van der Waals surface area contributed by atoms with Crippen LogP contribution < -0.4 is 17.1 Å². The Bertz CT molecular complexity index is 1160. The monoisotopic (exact) mass is 399 g/mol. The summed E-state index contributed by atoms with van der Waals surface area (Å²) in [4.78, 5) is 40.2. The fourth-order valence-electron chi connectivity index (χ4n) is 4.04. The molecule has 0 bridgehead atoms. The Morgan fingerprint density at radius 1 is 0.600 bits per heavy atom. The average molecular weight is 399 g/mol. The molecule has 6 nitrogen and oxygen atoms in total. The van der Waals surface area contributed by atoms with Crippen molar-refractivity contribution in [2.45, 2.75) is 18.4 Å². The van der Waals surface area contributed by atoms with Crippen molar-refractivity contribution in [3.63, 3.8) is 0 Å². The minimum absolute atomic E-state index is 0.129. The van der Waals surface area contributed by atoms with Gasteiger partial charge >= 0.3 is 17.1 Å². The minimum atomic E-state index is -0.804. The summed E-state index contributed by atoms with van der Waals surface area (Å²) >= 11 is 0. The summed E-state index contributed by atoms with van der Waals surface area (Å²) in [6.07, 6.45) is 0.445. The number of nitrogens with zero attached hydrogens (tertiary/aromatic N) is 1. The van der Waals surface area contributed by atoms with E-state index in [-0.39, 0.29) is 6.54 Å². The molecule has 0 amide bonds. The second kappa shape index (κ2) is 8.21. The Hall–Kier alpha value is -3.93. The van der Waals surface area contributed by atoms with E-state index in [0.717, 1.165) is 21.3 Å². The van der Waals surface area contributed by atoms with Crippen LogP contribution in [-0.4, -0.2) is 14.5 Å². The number of nitrogens with one attached hydrogen (secondary N) is 2. The zero-order chi connectivity index (χ0) is 21.0. The van der Waals surface area contributed by atoms with Gasteiger partial charge in [0.2, 0.25) is 0 Å². The highest BCUT2D eigenvalue weighted by Gasteiger charge is 2.36. The van der Waals surface area contributed by atoms with Gasteiger partial charge in [-0.05, 0) is 23.1 Å². The number of aromatic amines is 2. The molecule has 0 saturated heterocycles. The summed E-state index contributed by atoms with van der Waals surface area (Å²) in [5.74, 6) is 0. The highest BCUT2D eigenvalue weighted by molar-refractivity contribution is 5.50. The lowest BCUT2D eigenvalue weighted by molar-refractivity contribution is 0.470. The lowest BCUT2D eigenvalue weighted by Gasteiger charge is -2.36. The Balaban J connectivity index is 1.93. The van der Waals surface area contributed by atoms with Gasteiger partial charge in [-0.25, -0.2) is 19.0 Å². The van der Waals surface area contributed by atoms with Crippen LogP contribution in [0.15, 0.2) is 105 Å².